The van der Waals surface area contributed by atoms with Crippen molar-refractivity contribution in [2.45, 2.75) is 6.92 Å². The van der Waals surface area contributed by atoms with Gasteiger partial charge in [0.1, 0.15) is 0 Å². The summed E-state index contributed by atoms with van der Waals surface area (Å²) in [7, 11) is 0. The number of nitrogens with one attached hydrogen (secondary N) is 1. The summed E-state index contributed by atoms with van der Waals surface area (Å²) in [6, 6.07) is 14.6. The molecule has 0 fully saturated rings. The molecule has 1 aliphatic carbocycles. The van der Waals surface area contributed by atoms with E-state index in [9.17, 15) is 9.59 Å². The molecule has 0 saturated carbocycles. The van der Waals surface area contributed by atoms with Crippen molar-refractivity contribution in [1.82, 2.24) is 0 Å². The summed E-state index contributed by atoms with van der Waals surface area (Å²) in [4.78, 5) is 24.4. The summed E-state index contributed by atoms with van der Waals surface area (Å²) in [5.74, 6) is -0.294. The van der Waals surface area contributed by atoms with E-state index in [-0.39, 0.29) is 11.6 Å². The number of anilines is 1. The second kappa shape index (κ2) is 4.78. The summed E-state index contributed by atoms with van der Waals surface area (Å²) >= 11 is 0. The van der Waals surface area contributed by atoms with Gasteiger partial charge in [-0.05, 0) is 24.6 Å². The van der Waals surface area contributed by atoms with Crippen LogP contribution in [0.25, 0.3) is 0 Å². The Bertz CT molecular complexity index is 744. The number of fused-ring (bicyclic) bond motifs is 1. The summed E-state index contributed by atoms with van der Waals surface area (Å²) in [6.07, 6.45) is 1.37. The van der Waals surface area contributed by atoms with Gasteiger partial charge >= 0.3 is 0 Å². The van der Waals surface area contributed by atoms with Gasteiger partial charge in [-0.2, -0.15) is 0 Å². The Labute approximate surface area is 116 Å². The van der Waals surface area contributed by atoms with Gasteiger partial charge < -0.3 is 5.32 Å². The van der Waals surface area contributed by atoms with E-state index in [0.717, 1.165) is 11.3 Å². The fraction of sp³-hybridized carbons (Fsp3) is 0.0588. The van der Waals surface area contributed by atoms with E-state index in [1.165, 1.54) is 6.08 Å². The molecule has 98 valence electrons. The molecule has 0 heterocycles. The first kappa shape index (κ1) is 12.4. The van der Waals surface area contributed by atoms with Gasteiger partial charge in [-0.3, -0.25) is 9.59 Å². The van der Waals surface area contributed by atoms with Crippen LogP contribution in [-0.2, 0) is 0 Å². The van der Waals surface area contributed by atoms with Gasteiger partial charge in [0.15, 0.2) is 5.78 Å². The Morgan fingerprint density at radius 2 is 1.65 bits per heavy atom. The Morgan fingerprint density at radius 1 is 0.900 bits per heavy atom. The minimum Gasteiger partial charge on any atom is -0.352 e. The van der Waals surface area contributed by atoms with Gasteiger partial charge in [0.2, 0.25) is 5.78 Å². The highest BCUT2D eigenvalue weighted by Crippen LogP contribution is 2.22. The third-order valence-electron chi connectivity index (χ3n) is 3.25. The SMILES string of the molecule is Cc1cccc(NC2=CC(=O)c3ccccc3C2=O)c1. The van der Waals surface area contributed by atoms with Crippen molar-refractivity contribution in [2.24, 2.45) is 0 Å². The largest absolute Gasteiger partial charge is 0.352 e. The summed E-state index contributed by atoms with van der Waals surface area (Å²) < 4.78 is 0. The van der Waals surface area contributed by atoms with Crippen molar-refractivity contribution >= 4 is 17.3 Å². The summed E-state index contributed by atoms with van der Waals surface area (Å²) in [5, 5.41) is 3.03. The third kappa shape index (κ3) is 2.14. The molecule has 3 rings (SSSR count). The third-order valence-corrected chi connectivity index (χ3v) is 3.25. The predicted octanol–water partition coefficient (Wildman–Crippen LogP) is 3.37. The normalized spacial score (nSPS) is 13.8. The van der Waals surface area contributed by atoms with Crippen LogP contribution in [0.5, 0.6) is 0 Å². The molecule has 0 spiro atoms. The lowest BCUT2D eigenvalue weighted by molar-refractivity contribution is 0.0985. The number of benzene rings is 2. The molecule has 0 aliphatic heterocycles. The summed E-state index contributed by atoms with van der Waals surface area (Å²) in [6.45, 7) is 1.97. The molecule has 0 radical (unpaired) electrons. The van der Waals surface area contributed by atoms with Gasteiger partial charge in [0, 0.05) is 22.9 Å². The van der Waals surface area contributed by atoms with E-state index in [1.807, 2.05) is 31.2 Å². The van der Waals surface area contributed by atoms with Crippen molar-refractivity contribution in [3.8, 4) is 0 Å². The zero-order valence-corrected chi connectivity index (χ0v) is 11.0. The molecule has 3 nitrogen and oxygen atoms in total. The van der Waals surface area contributed by atoms with E-state index in [0.29, 0.717) is 16.8 Å². The van der Waals surface area contributed by atoms with Crippen LogP contribution in [0.4, 0.5) is 5.69 Å². The number of ketones is 2. The van der Waals surface area contributed by atoms with Crippen molar-refractivity contribution in [3.05, 3.63) is 77.0 Å². The van der Waals surface area contributed by atoms with E-state index >= 15 is 0 Å². The van der Waals surface area contributed by atoms with Gasteiger partial charge in [-0.25, -0.2) is 0 Å². The number of hydrogen-bond acceptors (Lipinski definition) is 3. The number of aryl methyl sites for hydroxylation is 1. The Hall–Kier alpha value is -2.68. The fourth-order valence-corrected chi connectivity index (χ4v) is 2.29. The molecular weight excluding hydrogens is 250 g/mol. The minimum atomic E-state index is -0.151. The first-order valence-electron chi connectivity index (χ1n) is 6.38. The first-order chi connectivity index (χ1) is 9.65. The second-order valence-corrected chi connectivity index (χ2v) is 4.79. The molecule has 1 aliphatic rings. The average molecular weight is 263 g/mol. The summed E-state index contributed by atoms with van der Waals surface area (Å²) in [5.41, 5.74) is 3.13. The smallest absolute Gasteiger partial charge is 0.210 e. The van der Waals surface area contributed by atoms with Crippen LogP contribution in [0.1, 0.15) is 26.3 Å². The fourth-order valence-electron chi connectivity index (χ4n) is 2.29. The molecule has 0 bridgehead atoms. The molecule has 0 saturated heterocycles. The molecule has 1 N–H and O–H groups in total. The number of hydrogen-bond donors (Lipinski definition) is 1. The lowest BCUT2D eigenvalue weighted by Crippen LogP contribution is -2.21. The van der Waals surface area contributed by atoms with Gasteiger partial charge in [-0.15, -0.1) is 0 Å². The molecule has 3 heteroatoms. The van der Waals surface area contributed by atoms with Gasteiger partial charge in [0.05, 0.1) is 5.70 Å². The molecule has 0 unspecified atom stereocenters. The lowest BCUT2D eigenvalue weighted by atomic mass is 9.92. The molecule has 2 aromatic rings. The second-order valence-electron chi connectivity index (χ2n) is 4.79. The van der Waals surface area contributed by atoms with Crippen LogP contribution < -0.4 is 5.32 Å². The van der Waals surface area contributed by atoms with E-state index in [1.54, 1.807) is 24.3 Å². The maximum absolute atomic E-state index is 12.4. The maximum atomic E-state index is 12.4. The average Bonchev–Trinajstić information content (AvgIpc) is 2.45. The molecule has 2 aromatic carbocycles. The zero-order chi connectivity index (χ0) is 14.1. The topological polar surface area (TPSA) is 46.2 Å². The number of carbonyl (C=O) groups is 2. The van der Waals surface area contributed by atoms with Crippen LogP contribution >= 0.6 is 0 Å². The molecule has 0 atom stereocenters. The first-order valence-corrected chi connectivity index (χ1v) is 6.38. The van der Waals surface area contributed by atoms with Crippen LogP contribution in [0.15, 0.2) is 60.3 Å². The number of Topliss-reactive ketones (excluding diaryl/α,β-unsaturated/α-hetero) is 1. The standard InChI is InChI=1S/C17H13NO2/c1-11-5-4-6-12(9-11)18-15-10-16(19)13-7-2-3-8-14(13)17(15)20/h2-10,18H,1H3. The Balaban J connectivity index is 1.96. The minimum absolute atomic E-state index is 0.143. The highest BCUT2D eigenvalue weighted by molar-refractivity contribution is 6.25. The highest BCUT2D eigenvalue weighted by Gasteiger charge is 2.24. The van der Waals surface area contributed by atoms with Crippen LogP contribution in [0.2, 0.25) is 0 Å². The van der Waals surface area contributed by atoms with E-state index in [2.05, 4.69) is 5.32 Å². The number of allylic oxidation sites excluding steroid dienone is 2. The van der Waals surface area contributed by atoms with Gasteiger partial charge in [0.25, 0.3) is 0 Å². The van der Waals surface area contributed by atoms with E-state index < -0.39 is 0 Å². The lowest BCUT2D eigenvalue weighted by Gasteiger charge is -2.16. The quantitative estimate of drug-likeness (QED) is 0.903. The van der Waals surface area contributed by atoms with Crippen LogP contribution in [-0.4, -0.2) is 11.6 Å². The molecule has 0 amide bonds. The monoisotopic (exact) mass is 263 g/mol. The number of carbonyl (C=O) groups excluding carboxylic acids is 2. The zero-order valence-electron chi connectivity index (χ0n) is 11.0. The van der Waals surface area contributed by atoms with Crippen molar-refractivity contribution in [3.63, 3.8) is 0 Å². The molecule has 20 heavy (non-hydrogen) atoms. The maximum Gasteiger partial charge on any atom is 0.210 e. The Kier molecular flexibility index (Phi) is 2.95. The van der Waals surface area contributed by atoms with Crippen molar-refractivity contribution < 1.29 is 9.59 Å². The van der Waals surface area contributed by atoms with Gasteiger partial charge in [-0.1, -0.05) is 36.4 Å². The number of rotatable bonds is 2. The predicted molar refractivity (Wildman–Crippen MR) is 78.0 cm³/mol. The van der Waals surface area contributed by atoms with Crippen LogP contribution in [0.3, 0.4) is 0 Å². The molecule has 0 aromatic heterocycles. The van der Waals surface area contributed by atoms with Crippen molar-refractivity contribution in [2.75, 3.05) is 5.32 Å². The van der Waals surface area contributed by atoms with Crippen molar-refractivity contribution in [1.29, 1.82) is 0 Å². The van der Waals surface area contributed by atoms with Crippen LogP contribution in [0, 0.1) is 6.92 Å². The highest BCUT2D eigenvalue weighted by atomic mass is 16.1. The molecular formula is C17H13NO2. The Morgan fingerprint density at radius 3 is 2.40 bits per heavy atom. The van der Waals surface area contributed by atoms with E-state index in [4.69, 9.17) is 0 Å².